The Labute approximate surface area is 86.2 Å². The van der Waals surface area contributed by atoms with Gasteiger partial charge in [-0.1, -0.05) is 12.1 Å². The second kappa shape index (κ2) is 3.02. The van der Waals surface area contributed by atoms with Gasteiger partial charge in [-0.05, 0) is 12.1 Å². The van der Waals surface area contributed by atoms with Crippen LogP contribution in [0.2, 0.25) is 0 Å². The van der Waals surface area contributed by atoms with Gasteiger partial charge in [-0.15, -0.1) is 0 Å². The van der Waals surface area contributed by atoms with E-state index in [1.165, 1.54) is 0 Å². The van der Waals surface area contributed by atoms with Crippen LogP contribution in [0.15, 0.2) is 28.7 Å². The first kappa shape index (κ1) is 8.35. The molecule has 2 heterocycles. The number of hydrazine groups is 1. The zero-order chi connectivity index (χ0) is 10.3. The third-order valence-corrected chi connectivity index (χ3v) is 2.57. The van der Waals surface area contributed by atoms with Gasteiger partial charge in [0.2, 0.25) is 5.91 Å². The lowest BCUT2D eigenvalue weighted by atomic mass is 10.2. The Bertz CT molecular complexity index is 530. The van der Waals surface area contributed by atoms with Crippen molar-refractivity contribution in [1.29, 1.82) is 0 Å². The molecule has 15 heavy (non-hydrogen) atoms. The third kappa shape index (κ3) is 1.26. The van der Waals surface area contributed by atoms with Crippen LogP contribution < -0.4 is 10.9 Å². The highest BCUT2D eigenvalue weighted by Crippen LogP contribution is 2.31. The number of anilines is 1. The second-order valence-corrected chi connectivity index (χ2v) is 3.57. The summed E-state index contributed by atoms with van der Waals surface area (Å²) in [5, 5.41) is 1.01. The SMILES string of the molecule is O=C1CCc2oc3ccccc3c2NN1. The van der Waals surface area contributed by atoms with E-state index >= 15 is 0 Å². The maximum atomic E-state index is 11.2. The summed E-state index contributed by atoms with van der Waals surface area (Å²) in [4.78, 5) is 11.2. The van der Waals surface area contributed by atoms with Gasteiger partial charge in [0.25, 0.3) is 0 Å². The van der Waals surface area contributed by atoms with E-state index in [2.05, 4.69) is 10.9 Å². The van der Waals surface area contributed by atoms with Crippen molar-refractivity contribution in [2.45, 2.75) is 12.8 Å². The number of amides is 1. The van der Waals surface area contributed by atoms with Crippen LogP contribution in [-0.4, -0.2) is 5.91 Å². The number of aryl methyl sites for hydroxylation is 1. The molecule has 0 saturated carbocycles. The average Bonchev–Trinajstić information content (AvgIpc) is 2.51. The maximum absolute atomic E-state index is 11.2. The zero-order valence-corrected chi connectivity index (χ0v) is 8.04. The molecule has 0 aliphatic carbocycles. The summed E-state index contributed by atoms with van der Waals surface area (Å²) >= 11 is 0. The Hall–Kier alpha value is -1.97. The van der Waals surface area contributed by atoms with Gasteiger partial charge in [0.05, 0.1) is 0 Å². The molecule has 2 aromatic rings. The molecule has 0 fully saturated rings. The van der Waals surface area contributed by atoms with Crippen LogP contribution in [0.25, 0.3) is 11.0 Å². The van der Waals surface area contributed by atoms with Crippen molar-refractivity contribution in [3.8, 4) is 0 Å². The monoisotopic (exact) mass is 202 g/mol. The first-order valence-corrected chi connectivity index (χ1v) is 4.90. The van der Waals surface area contributed by atoms with Crippen molar-refractivity contribution in [3.63, 3.8) is 0 Å². The molecule has 0 saturated heterocycles. The smallest absolute Gasteiger partial charge is 0.238 e. The minimum atomic E-state index is -0.00881. The van der Waals surface area contributed by atoms with E-state index in [0.717, 1.165) is 22.4 Å². The fourth-order valence-electron chi connectivity index (χ4n) is 1.83. The van der Waals surface area contributed by atoms with E-state index in [9.17, 15) is 4.79 Å². The average molecular weight is 202 g/mol. The number of rotatable bonds is 0. The zero-order valence-electron chi connectivity index (χ0n) is 8.04. The number of furan rings is 1. The van der Waals surface area contributed by atoms with E-state index in [1.807, 2.05) is 24.3 Å². The Morgan fingerprint density at radius 3 is 2.93 bits per heavy atom. The molecule has 0 unspecified atom stereocenters. The van der Waals surface area contributed by atoms with Gasteiger partial charge in [0, 0.05) is 18.2 Å². The first-order valence-electron chi connectivity index (χ1n) is 4.90. The van der Waals surface area contributed by atoms with Gasteiger partial charge >= 0.3 is 0 Å². The van der Waals surface area contributed by atoms with Crippen molar-refractivity contribution in [2.75, 3.05) is 5.43 Å². The molecule has 0 atom stereocenters. The van der Waals surface area contributed by atoms with Gasteiger partial charge in [0.1, 0.15) is 17.0 Å². The van der Waals surface area contributed by atoms with E-state index in [1.54, 1.807) is 0 Å². The molecule has 0 radical (unpaired) electrons. The predicted molar refractivity (Wildman–Crippen MR) is 56.3 cm³/mol. The number of carbonyl (C=O) groups is 1. The molecule has 2 N–H and O–H groups in total. The minimum absolute atomic E-state index is 0.00881. The summed E-state index contributed by atoms with van der Waals surface area (Å²) in [5.41, 5.74) is 7.27. The van der Waals surface area contributed by atoms with Crippen molar-refractivity contribution in [2.24, 2.45) is 0 Å². The van der Waals surface area contributed by atoms with Gasteiger partial charge in [-0.3, -0.25) is 15.6 Å². The fraction of sp³-hybridized carbons (Fsp3) is 0.182. The molecule has 4 heteroatoms. The van der Waals surface area contributed by atoms with Crippen molar-refractivity contribution < 1.29 is 9.21 Å². The van der Waals surface area contributed by atoms with Crippen LogP contribution in [0, 0.1) is 0 Å². The van der Waals surface area contributed by atoms with E-state index in [4.69, 9.17) is 4.42 Å². The van der Waals surface area contributed by atoms with Gasteiger partial charge < -0.3 is 4.42 Å². The molecule has 3 rings (SSSR count). The number of para-hydroxylation sites is 1. The Morgan fingerprint density at radius 2 is 2.00 bits per heavy atom. The van der Waals surface area contributed by atoms with Crippen LogP contribution >= 0.6 is 0 Å². The highest BCUT2D eigenvalue weighted by molar-refractivity contribution is 5.94. The van der Waals surface area contributed by atoms with Crippen molar-refractivity contribution in [1.82, 2.24) is 5.43 Å². The summed E-state index contributed by atoms with van der Waals surface area (Å²) < 4.78 is 5.66. The topological polar surface area (TPSA) is 54.3 Å². The van der Waals surface area contributed by atoms with Crippen LogP contribution in [0.5, 0.6) is 0 Å². The molecule has 4 nitrogen and oxygen atoms in total. The summed E-state index contributed by atoms with van der Waals surface area (Å²) in [6.07, 6.45) is 1.10. The third-order valence-electron chi connectivity index (χ3n) is 2.57. The quantitative estimate of drug-likeness (QED) is 0.685. The molecule has 1 amide bonds. The van der Waals surface area contributed by atoms with Gasteiger partial charge in [-0.2, -0.15) is 0 Å². The molecule has 1 aromatic carbocycles. The van der Waals surface area contributed by atoms with E-state index < -0.39 is 0 Å². The Kier molecular flexibility index (Phi) is 1.68. The molecule has 1 aliphatic rings. The van der Waals surface area contributed by atoms with Crippen molar-refractivity contribution >= 4 is 22.6 Å². The van der Waals surface area contributed by atoms with E-state index in [0.29, 0.717) is 12.8 Å². The maximum Gasteiger partial charge on any atom is 0.238 e. The molecule has 1 aliphatic heterocycles. The van der Waals surface area contributed by atoms with Gasteiger partial charge in [0.15, 0.2) is 0 Å². The van der Waals surface area contributed by atoms with Crippen LogP contribution in [0.4, 0.5) is 5.69 Å². The molecule has 76 valence electrons. The predicted octanol–water partition coefficient (Wildman–Crippen LogP) is 1.82. The molecular formula is C11H10N2O2. The minimum Gasteiger partial charge on any atom is -0.459 e. The number of fused-ring (bicyclic) bond motifs is 3. The van der Waals surface area contributed by atoms with Crippen LogP contribution in [0.1, 0.15) is 12.2 Å². The molecular weight excluding hydrogens is 192 g/mol. The number of hydrogen-bond donors (Lipinski definition) is 2. The highest BCUT2D eigenvalue weighted by Gasteiger charge is 2.18. The summed E-state index contributed by atoms with van der Waals surface area (Å²) in [5.74, 6) is 0.833. The number of benzene rings is 1. The van der Waals surface area contributed by atoms with E-state index in [-0.39, 0.29) is 5.91 Å². The molecule has 1 aromatic heterocycles. The number of hydrogen-bond acceptors (Lipinski definition) is 3. The lowest BCUT2D eigenvalue weighted by molar-refractivity contribution is -0.120. The lowest BCUT2D eigenvalue weighted by Gasteiger charge is -2.02. The fourth-order valence-corrected chi connectivity index (χ4v) is 1.83. The molecule has 0 bridgehead atoms. The standard InChI is InChI=1S/C11H10N2O2/c14-10-6-5-9-11(13-12-10)7-3-1-2-4-8(7)15-9/h1-4,13H,5-6H2,(H,12,14). The largest absolute Gasteiger partial charge is 0.459 e. The highest BCUT2D eigenvalue weighted by atomic mass is 16.3. The lowest BCUT2D eigenvalue weighted by Crippen LogP contribution is -2.27. The Balaban J connectivity index is 2.19. The number of carbonyl (C=O) groups excluding carboxylic acids is 1. The normalized spacial score (nSPS) is 15.3. The van der Waals surface area contributed by atoms with Crippen molar-refractivity contribution in [3.05, 3.63) is 30.0 Å². The summed E-state index contributed by atoms with van der Waals surface area (Å²) in [6, 6.07) is 7.78. The van der Waals surface area contributed by atoms with Gasteiger partial charge in [-0.25, -0.2) is 0 Å². The Morgan fingerprint density at radius 1 is 1.13 bits per heavy atom. The second-order valence-electron chi connectivity index (χ2n) is 3.57. The summed E-state index contributed by atoms with van der Waals surface area (Å²) in [7, 11) is 0. The number of nitrogens with one attached hydrogen (secondary N) is 2. The van der Waals surface area contributed by atoms with Crippen LogP contribution in [-0.2, 0) is 11.2 Å². The first-order chi connectivity index (χ1) is 7.34. The van der Waals surface area contributed by atoms with Crippen LogP contribution in [0.3, 0.4) is 0 Å². The summed E-state index contributed by atoms with van der Waals surface area (Å²) in [6.45, 7) is 0. The molecule has 0 spiro atoms.